The molecule has 1 heterocycles. The Balaban J connectivity index is 4.20. The van der Waals surface area contributed by atoms with Crippen molar-refractivity contribution in [1.29, 1.82) is 0 Å². The van der Waals surface area contributed by atoms with Gasteiger partial charge < -0.3 is 26.9 Å². The summed E-state index contributed by atoms with van der Waals surface area (Å²) in [6.45, 7) is 49.5. The minimum absolute atomic E-state index is 0.0218. The zero-order valence-corrected chi connectivity index (χ0v) is 38.6. The monoisotopic (exact) mass is 730 g/mol. The number of aryl methyl sites for hydroxylation is 1. The second-order valence-electron chi connectivity index (χ2n) is 19.5. The van der Waals surface area contributed by atoms with Crippen molar-refractivity contribution in [2.24, 2.45) is 0 Å². The number of hydrogen-bond acceptors (Lipinski definition) is 7. The second kappa shape index (κ2) is 15.0. The maximum absolute atomic E-state index is 13.0. The van der Waals surface area contributed by atoms with Crippen molar-refractivity contribution in [3.05, 3.63) is 23.2 Å². The third-order valence-electron chi connectivity index (χ3n) is 11.5. The highest BCUT2D eigenvalue weighted by Gasteiger charge is 2.51. The van der Waals surface area contributed by atoms with Crippen LogP contribution in [0.4, 0.5) is 0 Å². The summed E-state index contributed by atoms with van der Waals surface area (Å²) < 4.78 is 41.2. The van der Waals surface area contributed by atoms with E-state index in [0.29, 0.717) is 23.7 Å². The van der Waals surface area contributed by atoms with Crippen LogP contribution in [0.3, 0.4) is 0 Å². The van der Waals surface area contributed by atoms with Gasteiger partial charge in [0.05, 0.1) is 19.3 Å². The zero-order chi connectivity index (χ0) is 37.4. The summed E-state index contributed by atoms with van der Waals surface area (Å²) in [7, 11) is -9.39. The van der Waals surface area contributed by atoms with Gasteiger partial charge >= 0.3 is 5.97 Å². The molecule has 0 amide bonds. The topological polar surface area (TPSA) is 76.4 Å². The van der Waals surface area contributed by atoms with E-state index in [4.69, 9.17) is 26.9 Å². The average molecular weight is 731 g/mol. The highest BCUT2D eigenvalue weighted by molar-refractivity contribution is 6.75. The highest BCUT2D eigenvalue weighted by atomic mass is 28.4. The molecule has 276 valence electrons. The van der Waals surface area contributed by atoms with Gasteiger partial charge in [0.15, 0.2) is 33.3 Å². The Hall–Kier alpha value is -0.542. The van der Waals surface area contributed by atoms with E-state index in [1.54, 1.807) is 0 Å². The third kappa shape index (κ3) is 11.2. The van der Waals surface area contributed by atoms with Crippen molar-refractivity contribution in [3.63, 3.8) is 0 Å². The molecule has 7 nitrogen and oxygen atoms in total. The van der Waals surface area contributed by atoms with Gasteiger partial charge in [-0.15, -0.1) is 0 Å². The standard InChI is InChI=1S/C36H74O7Si4/c1-23-38-32(37)27-24-28(40-26(27)2)30(42-46(19,20)35(9,10)11)31(43-47(21,22)36(12,13)14)29(41-45(17,18)34(6,7)8)25-39-44(15,16)33(3,4)5/h24,29-31H,23,25H2,1-22H3/t29-,30-,31-/m1/s1. The summed E-state index contributed by atoms with van der Waals surface area (Å²) >= 11 is 0. The Kier molecular flexibility index (Phi) is 14.2. The number of carbonyl (C=O) groups is 1. The number of esters is 1. The van der Waals surface area contributed by atoms with Crippen LogP contribution < -0.4 is 0 Å². The smallest absolute Gasteiger partial charge is 0.341 e. The highest BCUT2D eigenvalue weighted by Crippen LogP contribution is 2.47. The SMILES string of the molecule is CCOC(=O)c1cc([C@@H](O[Si](C)(C)C(C)(C)C)[C@H](O[Si](C)(C)C(C)(C)C)[C@@H](CO[Si](C)(C)C(C)(C)C)O[Si](C)(C)C(C)(C)C)oc1C. The van der Waals surface area contributed by atoms with Gasteiger partial charge in [0, 0.05) is 0 Å². The maximum atomic E-state index is 13.0. The minimum Gasteiger partial charge on any atom is -0.463 e. The van der Waals surface area contributed by atoms with Crippen LogP contribution in [-0.4, -0.2) is 64.7 Å². The molecule has 0 radical (unpaired) electrons. The fourth-order valence-corrected chi connectivity index (χ4v) is 8.82. The molecule has 0 aliphatic carbocycles. The predicted molar refractivity (Wildman–Crippen MR) is 208 cm³/mol. The fourth-order valence-electron chi connectivity index (χ4n) is 3.95. The molecule has 0 fully saturated rings. The van der Waals surface area contributed by atoms with Crippen LogP contribution in [0.2, 0.25) is 72.5 Å². The summed E-state index contributed by atoms with van der Waals surface area (Å²) in [5, 5.41) is -0.193. The van der Waals surface area contributed by atoms with Gasteiger partial charge in [-0.2, -0.15) is 0 Å². The lowest BCUT2D eigenvalue weighted by Gasteiger charge is -2.49. The van der Waals surface area contributed by atoms with Crippen LogP contribution >= 0.6 is 0 Å². The molecule has 1 aromatic heterocycles. The Bertz CT molecular complexity index is 1180. The molecule has 0 saturated heterocycles. The van der Waals surface area contributed by atoms with E-state index in [1.807, 2.05) is 19.9 Å². The van der Waals surface area contributed by atoms with E-state index in [2.05, 4.69) is 135 Å². The molecule has 0 bridgehead atoms. The average Bonchev–Trinajstić information content (AvgIpc) is 3.22. The lowest BCUT2D eigenvalue weighted by Crippen LogP contribution is -2.57. The molecule has 0 aliphatic rings. The largest absolute Gasteiger partial charge is 0.463 e. The maximum Gasteiger partial charge on any atom is 0.341 e. The number of ether oxygens (including phenoxy) is 1. The van der Waals surface area contributed by atoms with E-state index in [9.17, 15) is 4.79 Å². The molecule has 11 heteroatoms. The van der Waals surface area contributed by atoms with Crippen LogP contribution in [0.1, 0.15) is 118 Å². The quantitative estimate of drug-likeness (QED) is 0.139. The molecular formula is C36H74O7Si4. The van der Waals surface area contributed by atoms with Gasteiger partial charge in [0.25, 0.3) is 0 Å². The first-order chi connectivity index (χ1) is 20.6. The zero-order valence-electron chi connectivity index (χ0n) is 34.6. The summed E-state index contributed by atoms with van der Waals surface area (Å²) in [5.74, 6) is 0.672. The Morgan fingerprint density at radius 3 is 1.49 bits per heavy atom. The van der Waals surface area contributed by atoms with Crippen molar-refractivity contribution in [1.82, 2.24) is 0 Å². The van der Waals surface area contributed by atoms with Gasteiger partial charge in [-0.1, -0.05) is 83.1 Å². The number of carbonyl (C=O) groups excluding carboxylic acids is 1. The van der Waals surface area contributed by atoms with Gasteiger partial charge in [-0.05, 0) is 92.4 Å². The molecule has 0 aliphatic heterocycles. The van der Waals surface area contributed by atoms with Gasteiger partial charge in [-0.3, -0.25) is 0 Å². The minimum atomic E-state index is -2.43. The Morgan fingerprint density at radius 2 is 1.09 bits per heavy atom. The van der Waals surface area contributed by atoms with Crippen molar-refractivity contribution >= 4 is 39.2 Å². The fraction of sp³-hybridized carbons (Fsp3) is 0.861. The van der Waals surface area contributed by atoms with Crippen LogP contribution in [0.25, 0.3) is 0 Å². The molecular weight excluding hydrogens is 657 g/mol. The van der Waals surface area contributed by atoms with Crippen LogP contribution in [-0.2, 0) is 22.4 Å². The molecule has 0 aromatic carbocycles. The van der Waals surface area contributed by atoms with Crippen molar-refractivity contribution in [2.75, 3.05) is 13.2 Å². The summed E-state index contributed by atoms with van der Waals surface area (Å²) in [4.78, 5) is 13.0. The Morgan fingerprint density at radius 1 is 0.681 bits per heavy atom. The molecule has 0 saturated carbocycles. The first-order valence-corrected chi connectivity index (χ1v) is 29.2. The van der Waals surface area contributed by atoms with Crippen LogP contribution in [0.5, 0.6) is 0 Å². The third-order valence-corrected chi connectivity index (χ3v) is 29.4. The number of rotatable bonds is 14. The van der Waals surface area contributed by atoms with Crippen molar-refractivity contribution in [2.45, 2.75) is 188 Å². The van der Waals surface area contributed by atoms with Crippen molar-refractivity contribution in [3.8, 4) is 0 Å². The summed E-state index contributed by atoms with van der Waals surface area (Å²) in [5.41, 5.74) is 0.413. The van der Waals surface area contributed by atoms with Gasteiger partial charge in [0.1, 0.15) is 29.3 Å². The lowest BCUT2D eigenvalue weighted by molar-refractivity contribution is -0.0639. The van der Waals surface area contributed by atoms with E-state index in [0.717, 1.165) is 0 Å². The first-order valence-electron chi connectivity index (χ1n) is 17.6. The molecule has 0 spiro atoms. The Labute approximate surface area is 294 Å². The van der Waals surface area contributed by atoms with E-state index < -0.39 is 57.6 Å². The van der Waals surface area contributed by atoms with Crippen molar-refractivity contribution < 1.29 is 31.7 Å². The van der Waals surface area contributed by atoms with E-state index in [-0.39, 0.29) is 26.8 Å². The normalized spacial score (nSPS) is 16.6. The van der Waals surface area contributed by atoms with Gasteiger partial charge in [0.2, 0.25) is 0 Å². The molecule has 47 heavy (non-hydrogen) atoms. The predicted octanol–water partition coefficient (Wildman–Crippen LogP) is 11.6. The second-order valence-corrected chi connectivity index (χ2v) is 38.5. The molecule has 1 rings (SSSR count). The summed E-state index contributed by atoms with van der Waals surface area (Å²) in [6, 6.07) is 1.81. The van der Waals surface area contributed by atoms with Crippen LogP contribution in [0, 0.1) is 6.92 Å². The number of furan rings is 1. The molecule has 3 atom stereocenters. The molecule has 1 aromatic rings. The first kappa shape index (κ1) is 44.5. The van der Waals surface area contributed by atoms with Gasteiger partial charge in [-0.25, -0.2) is 4.79 Å². The van der Waals surface area contributed by atoms with E-state index in [1.165, 1.54) is 0 Å². The molecule has 0 N–H and O–H groups in total. The summed E-state index contributed by atoms with van der Waals surface area (Å²) in [6.07, 6.45) is -1.63. The molecule has 0 unspecified atom stereocenters. The lowest BCUT2D eigenvalue weighted by atomic mass is 10.1. The number of hydrogen-bond donors (Lipinski definition) is 0. The van der Waals surface area contributed by atoms with Crippen LogP contribution in [0.15, 0.2) is 10.5 Å². The van der Waals surface area contributed by atoms with E-state index >= 15 is 0 Å².